The largest absolute Gasteiger partial charge is 0.472 e. The molecule has 0 aromatic heterocycles. The minimum atomic E-state index is -4.39. The number of carbonyl (C=O) groups excluding carboxylic acids is 2. The normalized spacial score (nSPS) is 12.8. The molecule has 2 atom stereocenters. The molecule has 0 radical (unpaired) electrons. The molecule has 0 amide bonds. The van der Waals surface area contributed by atoms with Crippen molar-refractivity contribution in [3.8, 4) is 0 Å². The van der Waals surface area contributed by atoms with Gasteiger partial charge in [-0.15, -0.1) is 0 Å². The first-order chi connectivity index (χ1) is 47.3. The number of esters is 2. The van der Waals surface area contributed by atoms with Gasteiger partial charge < -0.3 is 20.1 Å². The Morgan fingerprint density at radius 2 is 0.542 bits per heavy atom. The van der Waals surface area contributed by atoms with Crippen molar-refractivity contribution in [1.82, 2.24) is 0 Å². The van der Waals surface area contributed by atoms with E-state index < -0.39 is 26.5 Å². The van der Waals surface area contributed by atoms with E-state index in [4.69, 9.17) is 24.3 Å². The van der Waals surface area contributed by atoms with Gasteiger partial charge in [-0.3, -0.25) is 18.6 Å². The van der Waals surface area contributed by atoms with Gasteiger partial charge in [-0.1, -0.05) is 449 Å². The second-order valence-electron chi connectivity index (χ2n) is 29.8. The number of nitrogens with two attached hydrogens (primary N) is 1. The number of ether oxygens (including phenoxy) is 2. The smallest absolute Gasteiger partial charge is 0.462 e. The summed E-state index contributed by atoms with van der Waals surface area (Å²) in [5, 5.41) is 0. The van der Waals surface area contributed by atoms with E-state index in [0.29, 0.717) is 6.42 Å². The van der Waals surface area contributed by atoms with Crippen molar-refractivity contribution in [2.75, 3.05) is 26.4 Å². The number of allylic oxidation sites excluding steroid dienone is 4. The first-order valence-electron chi connectivity index (χ1n) is 43.3. The molecule has 0 heterocycles. The third kappa shape index (κ3) is 81.5. The highest BCUT2D eigenvalue weighted by Gasteiger charge is 2.26. The molecule has 0 saturated carbocycles. The molecular formula is C86H168NO8P. The van der Waals surface area contributed by atoms with Gasteiger partial charge in [0, 0.05) is 19.4 Å². The molecule has 0 aliphatic rings. The fourth-order valence-electron chi connectivity index (χ4n) is 13.7. The van der Waals surface area contributed by atoms with Gasteiger partial charge >= 0.3 is 19.8 Å². The van der Waals surface area contributed by atoms with Crippen LogP contribution in [-0.4, -0.2) is 49.3 Å². The quantitative estimate of drug-likeness (QED) is 0.0264. The van der Waals surface area contributed by atoms with Crippen LogP contribution in [0.2, 0.25) is 0 Å². The van der Waals surface area contributed by atoms with Crippen LogP contribution in [0.25, 0.3) is 0 Å². The predicted molar refractivity (Wildman–Crippen MR) is 418 cm³/mol. The maximum absolute atomic E-state index is 12.8. The monoisotopic (exact) mass is 1370 g/mol. The second kappa shape index (κ2) is 82.4. The summed E-state index contributed by atoms with van der Waals surface area (Å²) in [5.74, 6) is -0.796. The standard InChI is InChI=1S/C86H168NO8P/c1-3-5-7-9-11-13-15-17-19-21-23-25-27-29-31-33-35-37-39-40-41-42-43-45-46-48-50-52-54-56-58-60-62-64-66-68-70-72-74-76-78-85(88)92-82-84(83-94-96(90,91)93-81-80-87)95-86(89)79-77-75-73-71-69-67-65-63-61-59-57-55-53-51-49-47-44-38-36-34-32-30-28-26-24-22-20-18-16-14-12-10-8-6-4-2/h16,18,22,24,84H,3-15,17,19-21,23,25-83,87H2,1-2H3,(H,90,91)/b18-16-,24-22-. The van der Waals surface area contributed by atoms with E-state index in [2.05, 4.69) is 38.2 Å². The highest BCUT2D eigenvalue weighted by molar-refractivity contribution is 7.47. The van der Waals surface area contributed by atoms with Crippen molar-refractivity contribution in [1.29, 1.82) is 0 Å². The Kier molecular flexibility index (Phi) is 81.1. The number of rotatable bonds is 84. The number of carbonyl (C=O) groups is 2. The van der Waals surface area contributed by atoms with Crippen molar-refractivity contribution in [3.63, 3.8) is 0 Å². The van der Waals surface area contributed by atoms with Crippen molar-refractivity contribution < 1.29 is 37.6 Å². The highest BCUT2D eigenvalue weighted by Crippen LogP contribution is 2.43. The lowest BCUT2D eigenvalue weighted by Gasteiger charge is -2.19. The van der Waals surface area contributed by atoms with E-state index in [-0.39, 0.29) is 38.6 Å². The van der Waals surface area contributed by atoms with E-state index in [1.165, 1.54) is 411 Å². The first kappa shape index (κ1) is 94.5. The van der Waals surface area contributed by atoms with Crippen LogP contribution in [0.4, 0.5) is 0 Å². The molecule has 0 rings (SSSR count). The van der Waals surface area contributed by atoms with E-state index in [1.54, 1.807) is 0 Å². The zero-order chi connectivity index (χ0) is 69.3. The summed E-state index contributed by atoms with van der Waals surface area (Å²) < 4.78 is 33.3. The summed E-state index contributed by atoms with van der Waals surface area (Å²) in [6, 6.07) is 0. The summed E-state index contributed by atoms with van der Waals surface area (Å²) in [5.41, 5.74) is 5.42. The Labute approximate surface area is 599 Å². The molecule has 570 valence electrons. The third-order valence-electron chi connectivity index (χ3n) is 20.1. The molecule has 0 saturated heterocycles. The van der Waals surface area contributed by atoms with Gasteiger partial charge in [0.2, 0.25) is 0 Å². The Morgan fingerprint density at radius 3 is 0.792 bits per heavy atom. The molecule has 2 unspecified atom stereocenters. The average Bonchev–Trinajstić information content (AvgIpc) is 3.50. The van der Waals surface area contributed by atoms with Crippen LogP contribution in [0, 0.1) is 0 Å². The Hall–Kier alpha value is -1.51. The molecule has 0 aliphatic carbocycles. The van der Waals surface area contributed by atoms with E-state index in [1.807, 2.05) is 0 Å². The molecule has 0 spiro atoms. The fraction of sp³-hybridized carbons (Fsp3) is 0.930. The van der Waals surface area contributed by atoms with Crippen LogP contribution >= 0.6 is 7.82 Å². The molecule has 9 nitrogen and oxygen atoms in total. The minimum Gasteiger partial charge on any atom is -0.462 e. The molecule has 0 aromatic rings. The number of hydrogen-bond acceptors (Lipinski definition) is 8. The van der Waals surface area contributed by atoms with E-state index in [9.17, 15) is 19.0 Å². The molecule has 96 heavy (non-hydrogen) atoms. The lowest BCUT2D eigenvalue weighted by Crippen LogP contribution is -2.29. The molecule has 10 heteroatoms. The summed E-state index contributed by atoms with van der Waals surface area (Å²) in [6.07, 6.45) is 105. The maximum atomic E-state index is 12.8. The van der Waals surface area contributed by atoms with Crippen molar-refractivity contribution in [2.24, 2.45) is 5.73 Å². The molecule has 3 N–H and O–H groups in total. The Morgan fingerprint density at radius 1 is 0.312 bits per heavy atom. The molecule has 0 aromatic carbocycles. The van der Waals surface area contributed by atoms with Gasteiger partial charge in [-0.2, -0.15) is 0 Å². The summed E-state index contributed by atoms with van der Waals surface area (Å²) >= 11 is 0. The minimum absolute atomic E-state index is 0.0576. The topological polar surface area (TPSA) is 134 Å². The van der Waals surface area contributed by atoms with Crippen molar-refractivity contribution in [3.05, 3.63) is 24.3 Å². The van der Waals surface area contributed by atoms with Gasteiger partial charge in [-0.25, -0.2) is 4.57 Å². The van der Waals surface area contributed by atoms with Crippen LogP contribution in [-0.2, 0) is 32.7 Å². The molecular weight excluding hydrogens is 1210 g/mol. The Bertz CT molecular complexity index is 1620. The SMILES string of the molecule is CCCCCCC/C=C\C/C=C\CCCCCCCCCCCCCCCCCCCCCCCCCC(=O)OC(COC(=O)CCCCCCCCCCCCCCCCCCCCCCCCCCCCCCCCCCCCCCCCCC)COP(=O)(O)OCCN. The van der Waals surface area contributed by atoms with Crippen molar-refractivity contribution in [2.45, 2.75) is 489 Å². The zero-order valence-corrected chi connectivity index (χ0v) is 65.6. The van der Waals surface area contributed by atoms with Crippen LogP contribution < -0.4 is 5.73 Å². The number of unbranched alkanes of at least 4 members (excludes halogenated alkanes) is 67. The summed E-state index contributed by atoms with van der Waals surface area (Å²) in [7, 11) is -4.39. The van der Waals surface area contributed by atoms with Crippen LogP contribution in [0.5, 0.6) is 0 Å². The van der Waals surface area contributed by atoms with E-state index in [0.717, 1.165) is 38.5 Å². The van der Waals surface area contributed by atoms with E-state index >= 15 is 0 Å². The second-order valence-corrected chi connectivity index (χ2v) is 31.2. The lowest BCUT2D eigenvalue weighted by molar-refractivity contribution is -0.161. The Balaban J connectivity index is 3.69. The predicted octanol–water partition coefficient (Wildman–Crippen LogP) is 29.2. The van der Waals surface area contributed by atoms with Gasteiger partial charge in [0.05, 0.1) is 13.2 Å². The van der Waals surface area contributed by atoms with Crippen LogP contribution in [0.15, 0.2) is 24.3 Å². The number of hydrogen-bond donors (Lipinski definition) is 2. The summed E-state index contributed by atoms with van der Waals surface area (Å²) in [6.45, 7) is 3.84. The fourth-order valence-corrected chi connectivity index (χ4v) is 14.4. The maximum Gasteiger partial charge on any atom is 0.472 e. The van der Waals surface area contributed by atoms with Gasteiger partial charge in [0.15, 0.2) is 6.10 Å². The third-order valence-corrected chi connectivity index (χ3v) is 21.1. The van der Waals surface area contributed by atoms with Crippen molar-refractivity contribution >= 4 is 19.8 Å². The molecule has 0 aliphatic heterocycles. The number of phosphoric ester groups is 1. The first-order valence-corrected chi connectivity index (χ1v) is 44.8. The average molecular weight is 1380 g/mol. The lowest BCUT2D eigenvalue weighted by atomic mass is 10.0. The van der Waals surface area contributed by atoms with Crippen LogP contribution in [0.3, 0.4) is 0 Å². The molecule has 0 fully saturated rings. The number of phosphoric acid groups is 1. The molecule has 0 bridgehead atoms. The van der Waals surface area contributed by atoms with Gasteiger partial charge in [0.1, 0.15) is 6.61 Å². The van der Waals surface area contributed by atoms with Gasteiger partial charge in [0.25, 0.3) is 0 Å². The summed E-state index contributed by atoms with van der Waals surface area (Å²) in [4.78, 5) is 35.5. The zero-order valence-electron chi connectivity index (χ0n) is 64.7. The van der Waals surface area contributed by atoms with Crippen LogP contribution in [0.1, 0.15) is 483 Å². The van der Waals surface area contributed by atoms with Gasteiger partial charge in [-0.05, 0) is 44.9 Å². The highest BCUT2D eigenvalue weighted by atomic mass is 31.2.